The molecule has 1 aliphatic heterocycles. The molecule has 1 aliphatic rings. The van der Waals surface area contributed by atoms with Gasteiger partial charge in [-0.05, 0) is 37.8 Å². The van der Waals surface area contributed by atoms with Crippen LogP contribution in [0.1, 0.15) is 36.6 Å². The molecule has 0 amide bonds. The van der Waals surface area contributed by atoms with E-state index in [0.29, 0.717) is 0 Å². The maximum absolute atomic E-state index is 6.38. The van der Waals surface area contributed by atoms with Crippen molar-refractivity contribution in [2.75, 3.05) is 17.2 Å². The molecule has 1 aromatic carbocycles. The summed E-state index contributed by atoms with van der Waals surface area (Å²) in [5.41, 5.74) is 12.3. The zero-order chi connectivity index (χ0) is 15.0. The first-order chi connectivity index (χ1) is 10.1. The van der Waals surface area contributed by atoms with E-state index in [-0.39, 0.29) is 0 Å². The minimum absolute atomic E-state index is 0.841. The van der Waals surface area contributed by atoms with E-state index in [9.17, 15) is 0 Å². The van der Waals surface area contributed by atoms with Crippen LogP contribution in [0.5, 0.6) is 0 Å². The van der Waals surface area contributed by atoms with Crippen molar-refractivity contribution < 1.29 is 0 Å². The lowest BCUT2D eigenvalue weighted by molar-refractivity contribution is 0.696. The van der Waals surface area contributed by atoms with Gasteiger partial charge in [0.05, 0.1) is 11.4 Å². The molecule has 112 valence electrons. The molecule has 2 heterocycles. The minimum atomic E-state index is 0.841. The van der Waals surface area contributed by atoms with E-state index >= 15 is 0 Å². The Labute approximate surface area is 126 Å². The van der Waals surface area contributed by atoms with E-state index in [1.165, 1.54) is 16.8 Å². The van der Waals surface area contributed by atoms with Crippen molar-refractivity contribution in [3.63, 3.8) is 0 Å². The van der Waals surface area contributed by atoms with Gasteiger partial charge in [-0.25, -0.2) is 0 Å². The summed E-state index contributed by atoms with van der Waals surface area (Å²) in [6, 6.07) is 6.69. The van der Waals surface area contributed by atoms with Crippen LogP contribution in [0.25, 0.3) is 0 Å². The van der Waals surface area contributed by atoms with Crippen molar-refractivity contribution in [3.05, 3.63) is 35.0 Å². The van der Waals surface area contributed by atoms with Crippen LogP contribution in [0.15, 0.2) is 18.2 Å². The van der Waals surface area contributed by atoms with Crippen LogP contribution in [-0.4, -0.2) is 16.3 Å². The molecule has 1 aromatic heterocycles. The van der Waals surface area contributed by atoms with Crippen LogP contribution in [0.3, 0.4) is 0 Å². The summed E-state index contributed by atoms with van der Waals surface area (Å²) in [4.78, 5) is 2.33. The Morgan fingerprint density at radius 1 is 1.33 bits per heavy atom. The highest BCUT2D eigenvalue weighted by atomic mass is 15.4. The first-order valence-corrected chi connectivity index (χ1v) is 7.80. The Morgan fingerprint density at radius 3 is 2.90 bits per heavy atom. The standard InChI is InChI=1S/C17H24N4/c1-4-6-14-16(18)17(20(3)19-14)21-10-5-7-13-11-12(2)8-9-15(13)21/h8-9,11H,4-7,10,18H2,1-3H3. The van der Waals surface area contributed by atoms with Gasteiger partial charge >= 0.3 is 0 Å². The van der Waals surface area contributed by atoms with Crippen LogP contribution >= 0.6 is 0 Å². The number of rotatable bonds is 3. The molecule has 0 bridgehead atoms. The van der Waals surface area contributed by atoms with Gasteiger partial charge in [-0.15, -0.1) is 0 Å². The number of nitrogen functional groups attached to an aromatic ring is 1. The lowest BCUT2D eigenvalue weighted by atomic mass is 9.99. The number of nitrogens with two attached hydrogens (primary N) is 1. The number of fused-ring (bicyclic) bond motifs is 1. The summed E-state index contributed by atoms with van der Waals surface area (Å²) >= 11 is 0. The topological polar surface area (TPSA) is 47.1 Å². The van der Waals surface area contributed by atoms with Crippen molar-refractivity contribution in [2.45, 2.75) is 39.5 Å². The summed E-state index contributed by atoms with van der Waals surface area (Å²) in [5, 5.41) is 4.62. The number of anilines is 3. The third-order valence-electron chi connectivity index (χ3n) is 4.23. The highest BCUT2D eigenvalue weighted by Crippen LogP contribution is 2.37. The van der Waals surface area contributed by atoms with E-state index in [4.69, 9.17) is 5.73 Å². The van der Waals surface area contributed by atoms with E-state index in [0.717, 1.165) is 49.4 Å². The second kappa shape index (κ2) is 5.43. The van der Waals surface area contributed by atoms with E-state index < -0.39 is 0 Å². The van der Waals surface area contributed by atoms with Gasteiger partial charge in [-0.3, -0.25) is 4.68 Å². The summed E-state index contributed by atoms with van der Waals surface area (Å²) in [6.45, 7) is 5.31. The van der Waals surface area contributed by atoms with Gasteiger partial charge in [-0.2, -0.15) is 5.10 Å². The maximum Gasteiger partial charge on any atom is 0.154 e. The molecule has 0 saturated heterocycles. The molecule has 4 nitrogen and oxygen atoms in total. The Kier molecular flexibility index (Phi) is 3.62. The van der Waals surface area contributed by atoms with Crippen LogP contribution in [0.2, 0.25) is 0 Å². The molecule has 2 aromatic rings. The van der Waals surface area contributed by atoms with Crippen molar-refractivity contribution in [3.8, 4) is 0 Å². The molecule has 0 fully saturated rings. The molecule has 0 unspecified atom stereocenters. The lowest BCUT2D eigenvalue weighted by Gasteiger charge is -2.31. The molecule has 0 radical (unpaired) electrons. The second-order valence-electron chi connectivity index (χ2n) is 5.94. The van der Waals surface area contributed by atoms with Gasteiger partial charge in [0.1, 0.15) is 0 Å². The number of aryl methyl sites for hydroxylation is 4. The third kappa shape index (κ3) is 2.39. The average molecular weight is 284 g/mol. The van der Waals surface area contributed by atoms with Gasteiger partial charge in [0, 0.05) is 19.3 Å². The van der Waals surface area contributed by atoms with Crippen LogP contribution in [0, 0.1) is 6.92 Å². The molecular weight excluding hydrogens is 260 g/mol. The first kappa shape index (κ1) is 14.0. The molecule has 0 saturated carbocycles. The van der Waals surface area contributed by atoms with Gasteiger partial charge in [-0.1, -0.05) is 31.0 Å². The van der Waals surface area contributed by atoms with E-state index in [1.54, 1.807) is 0 Å². The Morgan fingerprint density at radius 2 is 2.14 bits per heavy atom. The zero-order valence-electron chi connectivity index (χ0n) is 13.2. The summed E-state index contributed by atoms with van der Waals surface area (Å²) in [7, 11) is 1.99. The number of hydrogen-bond donors (Lipinski definition) is 1. The van der Waals surface area contributed by atoms with Crippen molar-refractivity contribution in [2.24, 2.45) is 7.05 Å². The fourth-order valence-electron chi connectivity index (χ4n) is 3.27. The number of aromatic nitrogens is 2. The lowest BCUT2D eigenvalue weighted by Crippen LogP contribution is -2.27. The smallest absolute Gasteiger partial charge is 0.154 e. The Balaban J connectivity index is 2.07. The molecule has 21 heavy (non-hydrogen) atoms. The second-order valence-corrected chi connectivity index (χ2v) is 5.94. The van der Waals surface area contributed by atoms with Crippen molar-refractivity contribution in [1.82, 2.24) is 9.78 Å². The van der Waals surface area contributed by atoms with Crippen LogP contribution in [-0.2, 0) is 19.9 Å². The van der Waals surface area contributed by atoms with Gasteiger partial charge in [0.15, 0.2) is 5.82 Å². The zero-order valence-corrected chi connectivity index (χ0v) is 13.2. The first-order valence-electron chi connectivity index (χ1n) is 7.80. The highest BCUT2D eigenvalue weighted by molar-refractivity contribution is 5.76. The van der Waals surface area contributed by atoms with Gasteiger partial charge in [0.2, 0.25) is 0 Å². The average Bonchev–Trinajstić information content (AvgIpc) is 2.73. The predicted molar refractivity (Wildman–Crippen MR) is 88.1 cm³/mol. The Hall–Kier alpha value is -1.97. The molecule has 3 rings (SSSR count). The minimum Gasteiger partial charge on any atom is -0.394 e. The molecule has 4 heteroatoms. The highest BCUT2D eigenvalue weighted by Gasteiger charge is 2.24. The monoisotopic (exact) mass is 284 g/mol. The fraction of sp³-hybridized carbons (Fsp3) is 0.471. The van der Waals surface area contributed by atoms with Gasteiger partial charge < -0.3 is 10.6 Å². The maximum atomic E-state index is 6.38. The summed E-state index contributed by atoms with van der Waals surface area (Å²) in [5.74, 6) is 1.04. The quantitative estimate of drug-likeness (QED) is 0.940. The number of hydrogen-bond acceptors (Lipinski definition) is 3. The fourth-order valence-corrected chi connectivity index (χ4v) is 3.27. The van der Waals surface area contributed by atoms with Gasteiger partial charge in [0.25, 0.3) is 0 Å². The Bertz CT molecular complexity index is 657. The normalized spacial score (nSPS) is 14.3. The van der Waals surface area contributed by atoms with E-state index in [1.807, 2.05) is 11.7 Å². The summed E-state index contributed by atoms with van der Waals surface area (Å²) < 4.78 is 1.94. The molecule has 0 atom stereocenters. The predicted octanol–water partition coefficient (Wildman–Crippen LogP) is 3.35. The number of nitrogens with zero attached hydrogens (tertiary/aromatic N) is 3. The van der Waals surface area contributed by atoms with Crippen molar-refractivity contribution >= 4 is 17.2 Å². The third-order valence-corrected chi connectivity index (χ3v) is 4.23. The van der Waals surface area contributed by atoms with Crippen LogP contribution in [0.4, 0.5) is 17.2 Å². The molecule has 2 N–H and O–H groups in total. The molecule has 0 spiro atoms. The van der Waals surface area contributed by atoms with E-state index in [2.05, 4.69) is 42.0 Å². The SMILES string of the molecule is CCCc1nn(C)c(N2CCCc3cc(C)ccc32)c1N. The van der Waals surface area contributed by atoms with Crippen LogP contribution < -0.4 is 10.6 Å². The molecular formula is C17H24N4. The molecule has 0 aliphatic carbocycles. The largest absolute Gasteiger partial charge is 0.394 e. The summed E-state index contributed by atoms with van der Waals surface area (Å²) in [6.07, 6.45) is 4.31. The number of benzene rings is 1. The van der Waals surface area contributed by atoms with Crippen molar-refractivity contribution in [1.29, 1.82) is 0 Å².